The number of hydrogen-bond donors (Lipinski definition) is 1. The summed E-state index contributed by atoms with van der Waals surface area (Å²) in [5.41, 5.74) is 0.375. The van der Waals surface area contributed by atoms with E-state index < -0.39 is 0 Å². The summed E-state index contributed by atoms with van der Waals surface area (Å²) in [6.45, 7) is 10.9. The largest absolute Gasteiger partial charge is 0.310 e. The standard InChI is InChI=1S/C12H22N2/c1-3-8-14-9-4-7-13-12(2,10-14)11-5-6-11/h3,11,13H,1,4-10H2,2H3. The summed E-state index contributed by atoms with van der Waals surface area (Å²) in [4.78, 5) is 2.53. The highest BCUT2D eigenvalue weighted by atomic mass is 15.2. The molecule has 1 aliphatic carbocycles. The molecule has 2 heteroatoms. The van der Waals surface area contributed by atoms with Gasteiger partial charge in [0, 0.05) is 18.6 Å². The first kappa shape index (κ1) is 10.2. The zero-order valence-electron chi connectivity index (χ0n) is 9.26. The molecule has 1 heterocycles. The van der Waals surface area contributed by atoms with Gasteiger partial charge in [0.15, 0.2) is 0 Å². The highest BCUT2D eigenvalue weighted by Gasteiger charge is 2.42. The average molecular weight is 194 g/mol. The van der Waals surface area contributed by atoms with E-state index in [0.717, 1.165) is 12.5 Å². The molecule has 2 rings (SSSR count). The van der Waals surface area contributed by atoms with Crippen molar-refractivity contribution in [3.8, 4) is 0 Å². The van der Waals surface area contributed by atoms with Gasteiger partial charge in [0.1, 0.15) is 0 Å². The van der Waals surface area contributed by atoms with E-state index >= 15 is 0 Å². The van der Waals surface area contributed by atoms with Gasteiger partial charge in [-0.05, 0) is 45.2 Å². The first-order chi connectivity index (χ1) is 6.74. The topological polar surface area (TPSA) is 15.3 Å². The van der Waals surface area contributed by atoms with E-state index in [1.54, 1.807) is 0 Å². The predicted molar refractivity (Wildman–Crippen MR) is 60.4 cm³/mol. The molecule has 0 radical (unpaired) electrons. The van der Waals surface area contributed by atoms with Gasteiger partial charge in [-0.25, -0.2) is 0 Å². The van der Waals surface area contributed by atoms with Gasteiger partial charge in [-0.1, -0.05) is 6.08 Å². The van der Waals surface area contributed by atoms with Crippen LogP contribution in [0.25, 0.3) is 0 Å². The van der Waals surface area contributed by atoms with E-state index in [2.05, 4.69) is 23.7 Å². The molecule has 1 saturated heterocycles. The molecule has 1 N–H and O–H groups in total. The highest BCUT2D eigenvalue weighted by Crippen LogP contribution is 2.40. The van der Waals surface area contributed by atoms with Crippen LogP contribution < -0.4 is 5.32 Å². The minimum Gasteiger partial charge on any atom is -0.310 e. The molecule has 80 valence electrons. The van der Waals surface area contributed by atoms with Crippen LogP contribution in [-0.4, -0.2) is 36.6 Å². The van der Waals surface area contributed by atoms with Crippen LogP contribution >= 0.6 is 0 Å². The molecule has 0 amide bonds. The fourth-order valence-corrected chi connectivity index (χ4v) is 2.61. The minimum atomic E-state index is 0.375. The van der Waals surface area contributed by atoms with Crippen molar-refractivity contribution in [2.24, 2.45) is 5.92 Å². The molecule has 0 aromatic heterocycles. The fraction of sp³-hybridized carbons (Fsp3) is 0.833. The predicted octanol–water partition coefficient (Wildman–Crippen LogP) is 1.64. The molecule has 2 fully saturated rings. The summed E-state index contributed by atoms with van der Waals surface area (Å²) >= 11 is 0. The van der Waals surface area contributed by atoms with Crippen LogP contribution in [-0.2, 0) is 0 Å². The lowest BCUT2D eigenvalue weighted by Gasteiger charge is -2.33. The summed E-state index contributed by atoms with van der Waals surface area (Å²) in [5, 5.41) is 3.73. The second kappa shape index (κ2) is 4.03. The summed E-state index contributed by atoms with van der Waals surface area (Å²) in [6.07, 6.45) is 6.14. The van der Waals surface area contributed by atoms with Crippen molar-refractivity contribution in [3.63, 3.8) is 0 Å². The smallest absolute Gasteiger partial charge is 0.0308 e. The zero-order chi connectivity index (χ0) is 10.0. The Morgan fingerprint density at radius 3 is 3.00 bits per heavy atom. The zero-order valence-corrected chi connectivity index (χ0v) is 9.26. The van der Waals surface area contributed by atoms with Crippen LogP contribution in [0.1, 0.15) is 26.2 Å². The third-order valence-electron chi connectivity index (χ3n) is 3.60. The highest BCUT2D eigenvalue weighted by molar-refractivity contribution is 5.01. The molecule has 1 aliphatic heterocycles. The summed E-state index contributed by atoms with van der Waals surface area (Å²) in [6, 6.07) is 0. The Hall–Kier alpha value is -0.340. The van der Waals surface area contributed by atoms with Crippen molar-refractivity contribution in [3.05, 3.63) is 12.7 Å². The van der Waals surface area contributed by atoms with Crippen LogP contribution in [0.5, 0.6) is 0 Å². The molecule has 1 saturated carbocycles. The first-order valence-electron chi connectivity index (χ1n) is 5.83. The molecular weight excluding hydrogens is 172 g/mol. The molecule has 2 aliphatic rings. The normalized spacial score (nSPS) is 35.2. The van der Waals surface area contributed by atoms with Crippen molar-refractivity contribution in [1.82, 2.24) is 10.2 Å². The van der Waals surface area contributed by atoms with Gasteiger partial charge in [0.25, 0.3) is 0 Å². The van der Waals surface area contributed by atoms with Gasteiger partial charge in [-0.2, -0.15) is 0 Å². The summed E-state index contributed by atoms with van der Waals surface area (Å²) in [5.74, 6) is 0.924. The van der Waals surface area contributed by atoms with Gasteiger partial charge >= 0.3 is 0 Å². The van der Waals surface area contributed by atoms with Crippen LogP contribution in [0.15, 0.2) is 12.7 Å². The van der Waals surface area contributed by atoms with E-state index in [4.69, 9.17) is 0 Å². The maximum absolute atomic E-state index is 3.83. The van der Waals surface area contributed by atoms with Crippen molar-refractivity contribution < 1.29 is 0 Å². The van der Waals surface area contributed by atoms with Gasteiger partial charge in [0.2, 0.25) is 0 Å². The van der Waals surface area contributed by atoms with E-state index in [-0.39, 0.29) is 0 Å². The van der Waals surface area contributed by atoms with Gasteiger partial charge in [-0.3, -0.25) is 4.90 Å². The van der Waals surface area contributed by atoms with Crippen molar-refractivity contribution in [1.29, 1.82) is 0 Å². The van der Waals surface area contributed by atoms with Crippen molar-refractivity contribution in [2.75, 3.05) is 26.2 Å². The molecule has 0 bridgehead atoms. The number of nitrogens with one attached hydrogen (secondary N) is 1. The van der Waals surface area contributed by atoms with Crippen molar-refractivity contribution >= 4 is 0 Å². The second-order valence-electron chi connectivity index (χ2n) is 5.00. The Morgan fingerprint density at radius 2 is 2.36 bits per heavy atom. The Labute approximate surface area is 87.4 Å². The quantitative estimate of drug-likeness (QED) is 0.687. The Morgan fingerprint density at radius 1 is 1.57 bits per heavy atom. The van der Waals surface area contributed by atoms with Gasteiger partial charge in [-0.15, -0.1) is 6.58 Å². The van der Waals surface area contributed by atoms with E-state index in [1.165, 1.54) is 38.9 Å². The Balaban J connectivity index is 1.98. The lowest BCUT2D eigenvalue weighted by atomic mass is 9.95. The SMILES string of the molecule is C=CCN1CCCNC(C)(C2CC2)C1. The molecule has 14 heavy (non-hydrogen) atoms. The van der Waals surface area contributed by atoms with E-state index in [0.29, 0.717) is 5.54 Å². The number of hydrogen-bond acceptors (Lipinski definition) is 2. The minimum absolute atomic E-state index is 0.375. The van der Waals surface area contributed by atoms with Crippen LogP contribution in [0.3, 0.4) is 0 Å². The maximum Gasteiger partial charge on any atom is 0.0308 e. The molecule has 0 spiro atoms. The lowest BCUT2D eigenvalue weighted by Crippen LogP contribution is -2.50. The average Bonchev–Trinajstić information content (AvgIpc) is 2.92. The maximum atomic E-state index is 3.83. The number of rotatable bonds is 3. The molecule has 0 aromatic rings. The number of nitrogens with zero attached hydrogens (tertiary/aromatic N) is 1. The molecule has 2 nitrogen and oxygen atoms in total. The molecule has 0 aromatic carbocycles. The second-order valence-corrected chi connectivity index (χ2v) is 5.00. The molecular formula is C12H22N2. The van der Waals surface area contributed by atoms with Gasteiger partial charge < -0.3 is 5.32 Å². The van der Waals surface area contributed by atoms with E-state index in [9.17, 15) is 0 Å². The Bertz CT molecular complexity index is 210. The van der Waals surface area contributed by atoms with Crippen LogP contribution in [0.2, 0.25) is 0 Å². The first-order valence-corrected chi connectivity index (χ1v) is 5.83. The van der Waals surface area contributed by atoms with Crippen LogP contribution in [0.4, 0.5) is 0 Å². The van der Waals surface area contributed by atoms with E-state index in [1.807, 2.05) is 6.08 Å². The third kappa shape index (κ3) is 2.18. The fourth-order valence-electron chi connectivity index (χ4n) is 2.61. The summed E-state index contributed by atoms with van der Waals surface area (Å²) in [7, 11) is 0. The third-order valence-corrected chi connectivity index (χ3v) is 3.60. The Kier molecular flexibility index (Phi) is 2.93. The summed E-state index contributed by atoms with van der Waals surface area (Å²) < 4.78 is 0. The van der Waals surface area contributed by atoms with Crippen molar-refractivity contribution in [2.45, 2.75) is 31.7 Å². The monoisotopic (exact) mass is 194 g/mol. The molecule has 1 unspecified atom stereocenters. The van der Waals surface area contributed by atoms with Gasteiger partial charge in [0.05, 0.1) is 0 Å². The van der Waals surface area contributed by atoms with Crippen LogP contribution in [0, 0.1) is 5.92 Å². The lowest BCUT2D eigenvalue weighted by molar-refractivity contribution is 0.216. The molecule has 1 atom stereocenters.